The third-order valence-corrected chi connectivity index (χ3v) is 2.05. The molecule has 0 amide bonds. The van der Waals surface area contributed by atoms with E-state index in [1.165, 1.54) is 0 Å². The third-order valence-electron chi connectivity index (χ3n) is 2.05. The molecule has 0 bridgehead atoms. The highest BCUT2D eigenvalue weighted by molar-refractivity contribution is 5.25. The second-order valence-electron chi connectivity index (χ2n) is 3.06. The molecule has 0 heterocycles. The largest absolute Gasteiger partial charge is 0.393 e. The zero-order valence-corrected chi connectivity index (χ0v) is 7.67. The molecule has 2 atom stereocenters. The van der Waals surface area contributed by atoms with Crippen LogP contribution in [0.3, 0.4) is 0 Å². The van der Waals surface area contributed by atoms with Gasteiger partial charge in [0.2, 0.25) is 0 Å². The molecule has 0 aromatic heterocycles. The SMILES string of the molecule is OCC(O)c1ccc(C(O)CO)cc1. The zero-order chi connectivity index (χ0) is 10.6. The number of hydrogen-bond acceptors (Lipinski definition) is 4. The van der Waals surface area contributed by atoms with Crippen LogP contribution in [0.25, 0.3) is 0 Å². The van der Waals surface area contributed by atoms with Crippen LogP contribution in [0.5, 0.6) is 0 Å². The van der Waals surface area contributed by atoms with Gasteiger partial charge in [-0.25, -0.2) is 0 Å². The standard InChI is InChI=1S/C10H14O4/c11-5-9(13)7-1-2-8(4-3-7)10(14)6-12/h1-4,9-14H,5-6H2. The predicted molar refractivity (Wildman–Crippen MR) is 50.5 cm³/mol. The second kappa shape index (κ2) is 5.07. The van der Waals surface area contributed by atoms with Crippen molar-refractivity contribution in [1.82, 2.24) is 0 Å². The number of aliphatic hydroxyl groups excluding tert-OH is 4. The summed E-state index contributed by atoms with van der Waals surface area (Å²) in [6.45, 7) is -0.663. The van der Waals surface area contributed by atoms with Crippen molar-refractivity contribution in [3.63, 3.8) is 0 Å². The lowest BCUT2D eigenvalue weighted by molar-refractivity contribution is 0.0930. The molecule has 78 valence electrons. The van der Waals surface area contributed by atoms with E-state index in [1.807, 2.05) is 0 Å². The Hall–Kier alpha value is -0.940. The van der Waals surface area contributed by atoms with E-state index >= 15 is 0 Å². The summed E-state index contributed by atoms with van der Waals surface area (Å²) in [5.74, 6) is 0. The van der Waals surface area contributed by atoms with E-state index in [4.69, 9.17) is 10.2 Å². The molecule has 1 aromatic carbocycles. The average molecular weight is 198 g/mol. The van der Waals surface area contributed by atoms with Crippen LogP contribution in [0.15, 0.2) is 24.3 Å². The first kappa shape index (κ1) is 11.1. The Kier molecular flexibility index (Phi) is 4.03. The first-order chi connectivity index (χ1) is 6.69. The lowest BCUT2D eigenvalue weighted by Crippen LogP contribution is -2.05. The highest BCUT2D eigenvalue weighted by Crippen LogP contribution is 2.17. The Morgan fingerprint density at radius 1 is 0.786 bits per heavy atom. The van der Waals surface area contributed by atoms with Crippen LogP contribution < -0.4 is 0 Å². The molecule has 1 rings (SSSR count). The molecule has 0 radical (unpaired) electrons. The van der Waals surface area contributed by atoms with Gasteiger partial charge in [0.05, 0.1) is 13.2 Å². The van der Waals surface area contributed by atoms with Gasteiger partial charge in [-0.2, -0.15) is 0 Å². The molecule has 0 fully saturated rings. The quantitative estimate of drug-likeness (QED) is 0.537. The van der Waals surface area contributed by atoms with E-state index in [-0.39, 0.29) is 13.2 Å². The van der Waals surface area contributed by atoms with Crippen molar-refractivity contribution in [3.05, 3.63) is 35.4 Å². The molecular formula is C10H14O4. The summed E-state index contributed by atoms with van der Waals surface area (Å²) in [5.41, 5.74) is 1.17. The van der Waals surface area contributed by atoms with Crippen LogP contribution in [-0.2, 0) is 0 Å². The molecule has 4 heteroatoms. The van der Waals surface area contributed by atoms with E-state index in [2.05, 4.69) is 0 Å². The third kappa shape index (κ3) is 2.52. The monoisotopic (exact) mass is 198 g/mol. The van der Waals surface area contributed by atoms with Crippen LogP contribution in [0.2, 0.25) is 0 Å². The number of rotatable bonds is 4. The van der Waals surface area contributed by atoms with Gasteiger partial charge in [0.15, 0.2) is 0 Å². The zero-order valence-electron chi connectivity index (χ0n) is 7.67. The summed E-state index contributed by atoms with van der Waals surface area (Å²) < 4.78 is 0. The fourth-order valence-electron chi connectivity index (χ4n) is 1.15. The summed E-state index contributed by atoms with van der Waals surface area (Å²) >= 11 is 0. The van der Waals surface area contributed by atoms with E-state index in [0.717, 1.165) is 0 Å². The molecule has 4 N–H and O–H groups in total. The van der Waals surface area contributed by atoms with Gasteiger partial charge in [-0.15, -0.1) is 0 Å². The van der Waals surface area contributed by atoms with Crippen LogP contribution in [0, 0.1) is 0 Å². The van der Waals surface area contributed by atoms with E-state index in [1.54, 1.807) is 24.3 Å². The molecule has 0 aliphatic carbocycles. The van der Waals surface area contributed by atoms with Gasteiger partial charge in [0, 0.05) is 0 Å². The maximum absolute atomic E-state index is 9.25. The Morgan fingerprint density at radius 3 is 1.29 bits per heavy atom. The molecule has 4 nitrogen and oxygen atoms in total. The summed E-state index contributed by atoms with van der Waals surface area (Å²) in [5, 5.41) is 35.9. The van der Waals surface area contributed by atoms with Crippen LogP contribution >= 0.6 is 0 Å². The summed E-state index contributed by atoms with van der Waals surface area (Å²) in [6.07, 6.45) is -1.79. The number of hydrogen-bond donors (Lipinski definition) is 4. The Balaban J connectivity index is 2.78. The molecule has 0 saturated carbocycles. The Morgan fingerprint density at radius 2 is 1.07 bits per heavy atom. The smallest absolute Gasteiger partial charge is 0.102 e. The second-order valence-corrected chi connectivity index (χ2v) is 3.06. The Bertz CT molecular complexity index is 241. The molecule has 0 aliphatic rings. The van der Waals surface area contributed by atoms with Gasteiger partial charge in [-0.3, -0.25) is 0 Å². The van der Waals surface area contributed by atoms with Gasteiger partial charge in [-0.1, -0.05) is 24.3 Å². The molecule has 0 spiro atoms. The van der Waals surface area contributed by atoms with Crippen molar-refractivity contribution in [2.75, 3.05) is 13.2 Å². The van der Waals surface area contributed by atoms with Crippen molar-refractivity contribution >= 4 is 0 Å². The van der Waals surface area contributed by atoms with Crippen molar-refractivity contribution in [3.8, 4) is 0 Å². The first-order valence-electron chi connectivity index (χ1n) is 4.36. The van der Waals surface area contributed by atoms with Gasteiger partial charge in [-0.05, 0) is 11.1 Å². The van der Waals surface area contributed by atoms with E-state index < -0.39 is 12.2 Å². The van der Waals surface area contributed by atoms with Gasteiger partial charge >= 0.3 is 0 Å². The van der Waals surface area contributed by atoms with Crippen molar-refractivity contribution in [2.24, 2.45) is 0 Å². The summed E-state index contributed by atoms with van der Waals surface area (Å²) in [4.78, 5) is 0. The molecule has 14 heavy (non-hydrogen) atoms. The van der Waals surface area contributed by atoms with Crippen LogP contribution in [0.4, 0.5) is 0 Å². The minimum Gasteiger partial charge on any atom is -0.393 e. The van der Waals surface area contributed by atoms with Gasteiger partial charge in [0.1, 0.15) is 12.2 Å². The lowest BCUT2D eigenvalue weighted by atomic mass is 10.0. The number of benzene rings is 1. The maximum Gasteiger partial charge on any atom is 0.102 e. The highest BCUT2D eigenvalue weighted by Gasteiger charge is 2.08. The minimum absolute atomic E-state index is 0.331. The number of aliphatic hydroxyl groups is 4. The highest BCUT2D eigenvalue weighted by atomic mass is 16.3. The molecule has 0 aliphatic heterocycles. The van der Waals surface area contributed by atoms with E-state index in [9.17, 15) is 10.2 Å². The van der Waals surface area contributed by atoms with Gasteiger partial charge < -0.3 is 20.4 Å². The molecule has 1 aromatic rings. The molecule has 0 saturated heterocycles. The lowest BCUT2D eigenvalue weighted by Gasteiger charge is -2.10. The van der Waals surface area contributed by atoms with Crippen molar-refractivity contribution in [1.29, 1.82) is 0 Å². The van der Waals surface area contributed by atoms with Crippen molar-refractivity contribution < 1.29 is 20.4 Å². The van der Waals surface area contributed by atoms with Crippen molar-refractivity contribution in [2.45, 2.75) is 12.2 Å². The first-order valence-corrected chi connectivity index (χ1v) is 4.36. The average Bonchev–Trinajstić information content (AvgIpc) is 2.27. The molecule has 2 unspecified atom stereocenters. The normalized spacial score (nSPS) is 15.1. The van der Waals surface area contributed by atoms with Crippen LogP contribution in [-0.4, -0.2) is 33.6 Å². The molecular weight excluding hydrogens is 184 g/mol. The fraction of sp³-hybridized carbons (Fsp3) is 0.400. The predicted octanol–water partition coefficient (Wildman–Crippen LogP) is -0.262. The maximum atomic E-state index is 9.25. The van der Waals surface area contributed by atoms with E-state index in [0.29, 0.717) is 11.1 Å². The Labute approximate surface area is 82.1 Å². The summed E-state index contributed by atoms with van der Waals surface area (Å²) in [6, 6.07) is 6.42. The topological polar surface area (TPSA) is 80.9 Å². The minimum atomic E-state index is -0.893. The van der Waals surface area contributed by atoms with Crippen LogP contribution in [0.1, 0.15) is 23.3 Å². The summed E-state index contributed by atoms with van der Waals surface area (Å²) in [7, 11) is 0. The fourth-order valence-corrected chi connectivity index (χ4v) is 1.15. The van der Waals surface area contributed by atoms with Gasteiger partial charge in [0.25, 0.3) is 0 Å².